The highest BCUT2D eigenvalue weighted by Gasteiger charge is 2.17. The second-order valence-corrected chi connectivity index (χ2v) is 6.77. The number of unbranched alkanes of at least 4 members (excludes halogenated alkanes) is 8. The van der Waals surface area contributed by atoms with Gasteiger partial charge in [-0.25, -0.2) is 0 Å². The van der Waals surface area contributed by atoms with Crippen molar-refractivity contribution in [1.29, 1.82) is 0 Å². The molecule has 0 aliphatic heterocycles. The van der Waals surface area contributed by atoms with E-state index in [2.05, 4.69) is 26.0 Å². The Kier molecular flexibility index (Phi) is 16.6. The Bertz CT molecular complexity index is 363. The summed E-state index contributed by atoms with van der Waals surface area (Å²) in [6.45, 7) is 4.34. The molecule has 0 radical (unpaired) electrons. The van der Waals surface area contributed by atoms with Crippen LogP contribution in [0.3, 0.4) is 0 Å². The van der Waals surface area contributed by atoms with Crippen LogP contribution in [-0.2, 0) is 14.3 Å². The quantitative estimate of drug-likeness (QED) is 0.196. The van der Waals surface area contributed by atoms with E-state index < -0.39 is 12.1 Å². The number of carbonyl (C=O) groups is 2. The van der Waals surface area contributed by atoms with Crippen molar-refractivity contribution < 1.29 is 19.4 Å². The monoisotopic (exact) mass is 354 g/mol. The molecular weight excluding hydrogens is 316 g/mol. The summed E-state index contributed by atoms with van der Waals surface area (Å²) in [4.78, 5) is 22.8. The number of rotatable bonds is 17. The van der Waals surface area contributed by atoms with Gasteiger partial charge in [-0.2, -0.15) is 0 Å². The lowest BCUT2D eigenvalue weighted by Gasteiger charge is -2.16. The molecule has 0 aromatic rings. The fourth-order valence-corrected chi connectivity index (χ4v) is 2.73. The molecule has 4 heteroatoms. The van der Waals surface area contributed by atoms with E-state index >= 15 is 0 Å². The summed E-state index contributed by atoms with van der Waals surface area (Å²) in [5, 5.41) is 8.95. The van der Waals surface area contributed by atoms with Crippen molar-refractivity contribution in [3.05, 3.63) is 12.2 Å². The van der Waals surface area contributed by atoms with Gasteiger partial charge in [0.25, 0.3) is 0 Å². The minimum Gasteiger partial charge on any atom is -0.481 e. The van der Waals surface area contributed by atoms with Crippen molar-refractivity contribution in [2.75, 3.05) is 0 Å². The molecule has 0 rings (SSSR count). The highest BCUT2D eigenvalue weighted by atomic mass is 16.5. The Morgan fingerprint density at radius 3 is 2.08 bits per heavy atom. The molecule has 0 aliphatic rings. The van der Waals surface area contributed by atoms with Crippen molar-refractivity contribution in [2.45, 2.75) is 110 Å². The van der Waals surface area contributed by atoms with Crippen molar-refractivity contribution in [3.8, 4) is 0 Å². The third-order valence-corrected chi connectivity index (χ3v) is 4.22. The summed E-state index contributed by atoms with van der Waals surface area (Å²) in [6.07, 6.45) is 16.9. The SMILES string of the molecule is CCCCCC/C=C\CCCC(=O)OC(CCCCCC)CC(=O)O. The van der Waals surface area contributed by atoms with Gasteiger partial charge in [0.15, 0.2) is 0 Å². The Morgan fingerprint density at radius 2 is 1.48 bits per heavy atom. The Morgan fingerprint density at radius 1 is 0.880 bits per heavy atom. The van der Waals surface area contributed by atoms with E-state index in [-0.39, 0.29) is 12.4 Å². The minimum atomic E-state index is -0.903. The molecule has 4 nitrogen and oxygen atoms in total. The van der Waals surface area contributed by atoms with Crippen LogP contribution in [0.5, 0.6) is 0 Å². The van der Waals surface area contributed by atoms with Gasteiger partial charge in [0.2, 0.25) is 0 Å². The number of ether oxygens (including phenoxy) is 1. The first-order valence-electron chi connectivity index (χ1n) is 10.2. The normalized spacial score (nSPS) is 12.4. The smallest absolute Gasteiger partial charge is 0.307 e. The Balaban J connectivity index is 3.85. The fraction of sp³-hybridized carbons (Fsp3) is 0.810. The van der Waals surface area contributed by atoms with Gasteiger partial charge in [-0.05, 0) is 38.5 Å². The molecule has 0 spiro atoms. The van der Waals surface area contributed by atoms with E-state index in [0.717, 1.165) is 44.9 Å². The van der Waals surface area contributed by atoms with Gasteiger partial charge < -0.3 is 9.84 Å². The zero-order valence-corrected chi connectivity index (χ0v) is 16.3. The average Bonchev–Trinajstić information content (AvgIpc) is 2.56. The van der Waals surface area contributed by atoms with E-state index in [4.69, 9.17) is 9.84 Å². The number of esters is 1. The number of carbonyl (C=O) groups excluding carboxylic acids is 1. The Hall–Kier alpha value is -1.32. The van der Waals surface area contributed by atoms with Crippen LogP contribution in [0.25, 0.3) is 0 Å². The fourth-order valence-electron chi connectivity index (χ4n) is 2.73. The van der Waals surface area contributed by atoms with E-state index in [9.17, 15) is 9.59 Å². The first kappa shape index (κ1) is 23.7. The highest BCUT2D eigenvalue weighted by molar-refractivity contribution is 5.71. The molecule has 1 unspecified atom stereocenters. The molecule has 1 atom stereocenters. The van der Waals surface area contributed by atoms with E-state index in [1.165, 1.54) is 25.7 Å². The maximum atomic E-state index is 11.9. The molecule has 0 aliphatic carbocycles. The van der Waals surface area contributed by atoms with Gasteiger partial charge in [0, 0.05) is 6.42 Å². The third kappa shape index (κ3) is 17.3. The number of aliphatic carboxylic acids is 1. The molecule has 0 saturated carbocycles. The summed E-state index contributed by atoms with van der Waals surface area (Å²) in [5.41, 5.74) is 0. The van der Waals surface area contributed by atoms with Crippen LogP contribution >= 0.6 is 0 Å². The van der Waals surface area contributed by atoms with Gasteiger partial charge in [-0.15, -0.1) is 0 Å². The Labute approximate surface area is 154 Å². The van der Waals surface area contributed by atoms with Crippen LogP contribution in [0.4, 0.5) is 0 Å². The molecule has 0 aromatic heterocycles. The van der Waals surface area contributed by atoms with Gasteiger partial charge in [-0.1, -0.05) is 64.5 Å². The van der Waals surface area contributed by atoms with Gasteiger partial charge in [-0.3, -0.25) is 9.59 Å². The van der Waals surface area contributed by atoms with Crippen LogP contribution in [0.15, 0.2) is 12.2 Å². The average molecular weight is 355 g/mol. The molecular formula is C21H38O4. The van der Waals surface area contributed by atoms with Crippen molar-refractivity contribution in [3.63, 3.8) is 0 Å². The van der Waals surface area contributed by atoms with Crippen molar-refractivity contribution in [1.82, 2.24) is 0 Å². The maximum Gasteiger partial charge on any atom is 0.307 e. The van der Waals surface area contributed by atoms with Crippen LogP contribution < -0.4 is 0 Å². The van der Waals surface area contributed by atoms with Crippen molar-refractivity contribution in [2.24, 2.45) is 0 Å². The number of carboxylic acids is 1. The highest BCUT2D eigenvalue weighted by Crippen LogP contribution is 2.13. The molecule has 0 aromatic carbocycles. The summed E-state index contributed by atoms with van der Waals surface area (Å²) in [7, 11) is 0. The lowest BCUT2D eigenvalue weighted by Crippen LogP contribution is -2.21. The first-order chi connectivity index (χ1) is 12.1. The second-order valence-electron chi connectivity index (χ2n) is 6.77. The number of hydrogen-bond donors (Lipinski definition) is 1. The topological polar surface area (TPSA) is 63.6 Å². The van der Waals surface area contributed by atoms with E-state index in [0.29, 0.717) is 12.8 Å². The molecule has 0 heterocycles. The van der Waals surface area contributed by atoms with Crippen LogP contribution in [-0.4, -0.2) is 23.1 Å². The lowest BCUT2D eigenvalue weighted by molar-refractivity contribution is -0.153. The third-order valence-electron chi connectivity index (χ3n) is 4.22. The van der Waals surface area contributed by atoms with Crippen LogP contribution in [0.1, 0.15) is 104 Å². The summed E-state index contributed by atoms with van der Waals surface area (Å²) >= 11 is 0. The molecule has 0 fully saturated rings. The zero-order chi connectivity index (χ0) is 18.8. The molecule has 1 N–H and O–H groups in total. The van der Waals surface area contributed by atoms with Crippen LogP contribution in [0, 0.1) is 0 Å². The number of carboxylic acid groups (broad SMARTS) is 1. The maximum absolute atomic E-state index is 11.9. The molecule has 0 saturated heterocycles. The minimum absolute atomic E-state index is 0.0878. The van der Waals surface area contributed by atoms with Crippen molar-refractivity contribution >= 4 is 11.9 Å². The molecule has 0 amide bonds. The second kappa shape index (κ2) is 17.5. The van der Waals surface area contributed by atoms with E-state index in [1.54, 1.807) is 0 Å². The summed E-state index contributed by atoms with van der Waals surface area (Å²) in [6, 6.07) is 0. The zero-order valence-electron chi connectivity index (χ0n) is 16.3. The molecule has 25 heavy (non-hydrogen) atoms. The number of allylic oxidation sites excluding steroid dienone is 2. The van der Waals surface area contributed by atoms with Crippen LogP contribution in [0.2, 0.25) is 0 Å². The predicted octanol–water partition coefficient (Wildman–Crippen LogP) is 6.04. The standard InChI is InChI=1S/C21H38O4/c1-3-5-7-9-10-11-12-13-15-17-21(24)25-19(18-20(22)23)16-14-8-6-4-2/h11-12,19H,3-10,13-18H2,1-2H3,(H,22,23)/b12-11-. The lowest BCUT2D eigenvalue weighted by atomic mass is 10.1. The molecule has 146 valence electrons. The number of hydrogen-bond acceptors (Lipinski definition) is 3. The van der Waals surface area contributed by atoms with Gasteiger partial charge in [0.05, 0.1) is 6.42 Å². The van der Waals surface area contributed by atoms with Gasteiger partial charge in [0.1, 0.15) is 6.10 Å². The largest absolute Gasteiger partial charge is 0.481 e. The predicted molar refractivity (Wildman–Crippen MR) is 103 cm³/mol. The van der Waals surface area contributed by atoms with Gasteiger partial charge >= 0.3 is 11.9 Å². The van der Waals surface area contributed by atoms with E-state index in [1.807, 2.05) is 0 Å². The molecule has 0 bridgehead atoms. The first-order valence-corrected chi connectivity index (χ1v) is 10.2. The summed E-state index contributed by atoms with van der Waals surface area (Å²) < 4.78 is 5.37. The summed E-state index contributed by atoms with van der Waals surface area (Å²) in [5.74, 6) is -1.17.